The Hall–Kier alpha value is -1.49. The largest absolute Gasteiger partial charge is 0.460 e. The number of nitrogens with one attached hydrogen (secondary N) is 1. The minimum Gasteiger partial charge on any atom is -0.460 e. The highest BCUT2D eigenvalue weighted by Gasteiger charge is 2.02. The van der Waals surface area contributed by atoms with Crippen LogP contribution in [-0.2, 0) is 16.1 Å². The molecule has 0 aliphatic heterocycles. The molecule has 0 aliphatic carbocycles. The molecule has 1 aromatic heterocycles. The molecule has 0 radical (unpaired) electrons. The Balaban J connectivity index is 2.11. The molecule has 0 atom stereocenters. The van der Waals surface area contributed by atoms with Crippen molar-refractivity contribution >= 4 is 29.6 Å². The van der Waals surface area contributed by atoms with Crippen molar-refractivity contribution in [3.63, 3.8) is 0 Å². The van der Waals surface area contributed by atoms with Crippen LogP contribution in [0.25, 0.3) is 11.0 Å². The second kappa shape index (κ2) is 4.35. The minimum absolute atomic E-state index is 0.103. The Kier molecular flexibility index (Phi) is 2.91. The van der Waals surface area contributed by atoms with Crippen LogP contribution < -0.4 is 0 Å². The second-order valence-electron chi connectivity index (χ2n) is 3.07. The van der Waals surface area contributed by atoms with Gasteiger partial charge in [0.15, 0.2) is 0 Å². The molecule has 4 nitrogen and oxygen atoms in total. The molecule has 2 aromatic rings. The molecule has 2 rings (SSSR count). The van der Waals surface area contributed by atoms with Crippen LogP contribution in [0.15, 0.2) is 24.5 Å². The molecule has 0 amide bonds. The van der Waals surface area contributed by atoms with Crippen LogP contribution in [0.4, 0.5) is 0 Å². The zero-order valence-corrected chi connectivity index (χ0v) is 8.83. The molecule has 0 aliphatic rings. The van der Waals surface area contributed by atoms with Gasteiger partial charge in [-0.3, -0.25) is 4.79 Å². The summed E-state index contributed by atoms with van der Waals surface area (Å²) in [5.74, 6) is -0.213. The number of aromatic nitrogens is 2. The van der Waals surface area contributed by atoms with E-state index in [-0.39, 0.29) is 18.3 Å². The number of hydrogen-bond acceptors (Lipinski definition) is 4. The van der Waals surface area contributed by atoms with Crippen LogP contribution in [0.3, 0.4) is 0 Å². The van der Waals surface area contributed by atoms with Gasteiger partial charge in [0.05, 0.1) is 23.1 Å². The van der Waals surface area contributed by atoms with Crippen molar-refractivity contribution in [2.45, 2.75) is 6.61 Å². The number of carbonyl (C=O) groups excluding carboxylic acids is 1. The lowest BCUT2D eigenvalue weighted by molar-refractivity contribution is -0.141. The molecule has 1 aromatic carbocycles. The summed E-state index contributed by atoms with van der Waals surface area (Å²) < 4.78 is 4.95. The zero-order chi connectivity index (χ0) is 10.7. The Morgan fingerprint density at radius 3 is 3.20 bits per heavy atom. The topological polar surface area (TPSA) is 55.0 Å². The van der Waals surface area contributed by atoms with Crippen molar-refractivity contribution in [2.24, 2.45) is 0 Å². The number of thiol groups is 1. The van der Waals surface area contributed by atoms with Gasteiger partial charge >= 0.3 is 5.97 Å². The lowest BCUT2D eigenvalue weighted by Crippen LogP contribution is -2.05. The average molecular weight is 222 g/mol. The van der Waals surface area contributed by atoms with E-state index in [9.17, 15) is 4.79 Å². The Morgan fingerprint density at radius 2 is 2.40 bits per heavy atom. The first-order chi connectivity index (χ1) is 7.29. The molecule has 0 unspecified atom stereocenters. The van der Waals surface area contributed by atoms with Crippen molar-refractivity contribution in [1.29, 1.82) is 0 Å². The van der Waals surface area contributed by atoms with Gasteiger partial charge in [0, 0.05) is 0 Å². The maximum absolute atomic E-state index is 10.9. The number of rotatable bonds is 3. The predicted octanol–water partition coefficient (Wildman–Crippen LogP) is 1.54. The fourth-order valence-electron chi connectivity index (χ4n) is 1.28. The molecule has 5 heteroatoms. The standard InChI is InChI=1S/C10H10N2O2S/c13-10(5-15)14-4-7-1-2-8-9(3-7)12-6-11-8/h1-3,6,15H,4-5H2,(H,11,12). The van der Waals surface area contributed by atoms with Crippen molar-refractivity contribution in [3.05, 3.63) is 30.1 Å². The van der Waals surface area contributed by atoms with Gasteiger partial charge in [-0.15, -0.1) is 0 Å². The number of imidazole rings is 1. The van der Waals surface area contributed by atoms with Gasteiger partial charge in [0.25, 0.3) is 0 Å². The SMILES string of the molecule is O=C(CS)OCc1ccc2nc[nH]c2c1. The van der Waals surface area contributed by atoms with Crippen molar-refractivity contribution in [2.75, 3.05) is 5.75 Å². The third-order valence-corrected chi connectivity index (χ3v) is 2.27. The number of H-pyrrole nitrogens is 1. The number of nitrogens with zero attached hydrogens (tertiary/aromatic N) is 1. The van der Waals surface area contributed by atoms with E-state index in [0.29, 0.717) is 0 Å². The third-order valence-electron chi connectivity index (χ3n) is 2.01. The minimum atomic E-state index is -0.317. The van der Waals surface area contributed by atoms with E-state index in [2.05, 4.69) is 22.6 Å². The third kappa shape index (κ3) is 2.30. The van der Waals surface area contributed by atoms with Gasteiger partial charge in [-0.25, -0.2) is 4.98 Å². The van der Waals surface area contributed by atoms with Crippen molar-refractivity contribution in [1.82, 2.24) is 9.97 Å². The van der Waals surface area contributed by atoms with Gasteiger partial charge in [0.2, 0.25) is 0 Å². The Bertz CT molecular complexity index is 481. The predicted molar refractivity (Wildman–Crippen MR) is 59.7 cm³/mol. The molecular formula is C10H10N2O2S. The van der Waals surface area contributed by atoms with E-state index in [1.165, 1.54) is 0 Å². The van der Waals surface area contributed by atoms with Crippen LogP contribution in [0, 0.1) is 0 Å². The molecule has 78 valence electrons. The lowest BCUT2D eigenvalue weighted by atomic mass is 10.2. The summed E-state index contributed by atoms with van der Waals surface area (Å²) >= 11 is 3.82. The highest BCUT2D eigenvalue weighted by molar-refractivity contribution is 7.81. The summed E-state index contributed by atoms with van der Waals surface area (Å²) in [4.78, 5) is 18.0. The number of ether oxygens (including phenoxy) is 1. The molecule has 0 spiro atoms. The van der Waals surface area contributed by atoms with Crippen molar-refractivity contribution < 1.29 is 9.53 Å². The summed E-state index contributed by atoms with van der Waals surface area (Å²) in [6.45, 7) is 0.272. The maximum atomic E-state index is 10.9. The number of benzene rings is 1. The van der Waals surface area contributed by atoms with E-state index in [1.54, 1.807) is 6.33 Å². The lowest BCUT2D eigenvalue weighted by Gasteiger charge is -2.02. The normalized spacial score (nSPS) is 10.5. The summed E-state index contributed by atoms with van der Waals surface area (Å²) in [5, 5.41) is 0. The summed E-state index contributed by atoms with van der Waals surface area (Å²) in [6.07, 6.45) is 1.63. The quantitative estimate of drug-likeness (QED) is 0.611. The first kappa shape index (κ1) is 10.0. The van der Waals surface area contributed by atoms with Gasteiger partial charge in [-0.1, -0.05) is 6.07 Å². The highest BCUT2D eigenvalue weighted by atomic mass is 32.1. The first-order valence-corrected chi connectivity index (χ1v) is 5.11. The molecular weight excluding hydrogens is 212 g/mol. The van der Waals surface area contributed by atoms with E-state index >= 15 is 0 Å². The van der Waals surface area contributed by atoms with Crippen LogP contribution in [0.5, 0.6) is 0 Å². The van der Waals surface area contributed by atoms with Crippen molar-refractivity contribution in [3.8, 4) is 0 Å². The van der Waals surface area contributed by atoms with Crippen LogP contribution in [-0.4, -0.2) is 21.7 Å². The Labute approximate surface area is 92.1 Å². The Morgan fingerprint density at radius 1 is 1.53 bits per heavy atom. The van der Waals surface area contributed by atoms with Crippen LogP contribution in [0.1, 0.15) is 5.56 Å². The van der Waals surface area contributed by atoms with E-state index in [1.807, 2.05) is 18.2 Å². The molecule has 0 bridgehead atoms. The molecule has 1 heterocycles. The van der Waals surface area contributed by atoms with Gasteiger partial charge < -0.3 is 9.72 Å². The fraction of sp³-hybridized carbons (Fsp3) is 0.200. The van der Waals surface area contributed by atoms with Crippen LogP contribution in [0.2, 0.25) is 0 Å². The monoisotopic (exact) mass is 222 g/mol. The number of carbonyl (C=O) groups is 1. The zero-order valence-electron chi connectivity index (χ0n) is 7.93. The molecule has 0 fully saturated rings. The highest BCUT2D eigenvalue weighted by Crippen LogP contribution is 2.12. The number of aromatic amines is 1. The van der Waals surface area contributed by atoms with E-state index in [0.717, 1.165) is 16.6 Å². The van der Waals surface area contributed by atoms with E-state index < -0.39 is 0 Å². The number of hydrogen-bond donors (Lipinski definition) is 2. The van der Waals surface area contributed by atoms with Gasteiger partial charge in [-0.05, 0) is 17.7 Å². The summed E-state index contributed by atoms with van der Waals surface area (Å²) in [5.41, 5.74) is 2.77. The summed E-state index contributed by atoms with van der Waals surface area (Å²) in [7, 11) is 0. The molecule has 15 heavy (non-hydrogen) atoms. The van der Waals surface area contributed by atoms with Crippen LogP contribution >= 0.6 is 12.6 Å². The average Bonchev–Trinajstić information content (AvgIpc) is 2.72. The first-order valence-electron chi connectivity index (χ1n) is 4.48. The smallest absolute Gasteiger partial charge is 0.315 e. The number of fused-ring (bicyclic) bond motifs is 1. The van der Waals surface area contributed by atoms with Gasteiger partial charge in [0.1, 0.15) is 6.61 Å². The summed E-state index contributed by atoms with van der Waals surface area (Å²) in [6, 6.07) is 5.68. The molecule has 0 saturated heterocycles. The fourth-order valence-corrected chi connectivity index (χ4v) is 1.37. The second-order valence-corrected chi connectivity index (χ2v) is 3.39. The van der Waals surface area contributed by atoms with E-state index in [4.69, 9.17) is 4.74 Å². The number of esters is 1. The maximum Gasteiger partial charge on any atom is 0.315 e. The molecule has 1 N–H and O–H groups in total. The molecule has 0 saturated carbocycles. The van der Waals surface area contributed by atoms with Gasteiger partial charge in [-0.2, -0.15) is 12.6 Å².